The summed E-state index contributed by atoms with van der Waals surface area (Å²) in [6.07, 6.45) is 0.770. The van der Waals surface area contributed by atoms with Crippen LogP contribution in [0.4, 0.5) is 0 Å². The number of sulfonamides is 1. The number of aryl methyl sites for hydroxylation is 1. The van der Waals surface area contributed by atoms with Crippen molar-refractivity contribution in [3.05, 3.63) is 64.7 Å². The van der Waals surface area contributed by atoms with E-state index < -0.39 is 28.5 Å². The number of carbonyl (C=O) groups is 2. The van der Waals surface area contributed by atoms with Gasteiger partial charge in [0.2, 0.25) is 21.8 Å². The molecule has 0 saturated carbocycles. The van der Waals surface area contributed by atoms with E-state index in [9.17, 15) is 18.0 Å². The molecule has 0 heterocycles. The quantitative estimate of drug-likeness (QED) is 0.566. The molecule has 9 heteroatoms. The Balaban J connectivity index is 2.25. The van der Waals surface area contributed by atoms with Crippen LogP contribution in [0.15, 0.2) is 53.4 Å². The predicted octanol–water partition coefficient (Wildman–Crippen LogP) is 3.21. The van der Waals surface area contributed by atoms with Crippen LogP contribution in [0.3, 0.4) is 0 Å². The number of nitrogens with zero attached hydrogens (tertiary/aromatic N) is 2. The van der Waals surface area contributed by atoms with Crippen LogP contribution in [-0.4, -0.2) is 55.6 Å². The molecule has 0 saturated heterocycles. The first-order valence-electron chi connectivity index (χ1n) is 10.4. The van der Waals surface area contributed by atoms with E-state index in [-0.39, 0.29) is 17.3 Å². The van der Waals surface area contributed by atoms with Gasteiger partial charge in [-0.05, 0) is 50.1 Å². The maximum Gasteiger partial charge on any atom is 0.243 e. The second-order valence-corrected chi connectivity index (χ2v) is 10.2. The van der Waals surface area contributed by atoms with Gasteiger partial charge in [0.15, 0.2) is 0 Å². The highest BCUT2D eigenvalue weighted by molar-refractivity contribution is 7.89. The molecule has 1 N–H and O–H groups in total. The second kappa shape index (κ2) is 11.4. The van der Waals surface area contributed by atoms with Gasteiger partial charge in [-0.1, -0.05) is 48.4 Å². The molecule has 0 spiro atoms. The van der Waals surface area contributed by atoms with Gasteiger partial charge in [0.25, 0.3) is 0 Å². The summed E-state index contributed by atoms with van der Waals surface area (Å²) in [4.78, 5) is 27.3. The molecule has 2 amide bonds. The van der Waals surface area contributed by atoms with Crippen LogP contribution in [-0.2, 0) is 26.2 Å². The minimum Gasteiger partial charge on any atom is -0.354 e. The van der Waals surface area contributed by atoms with Gasteiger partial charge in [-0.25, -0.2) is 8.42 Å². The monoisotopic (exact) mass is 479 g/mol. The lowest BCUT2D eigenvalue weighted by Gasteiger charge is -2.30. The molecule has 174 valence electrons. The van der Waals surface area contributed by atoms with Crippen LogP contribution < -0.4 is 5.32 Å². The number of hydrogen-bond acceptors (Lipinski definition) is 4. The van der Waals surface area contributed by atoms with E-state index in [0.717, 1.165) is 21.9 Å². The van der Waals surface area contributed by atoms with E-state index >= 15 is 0 Å². The SMILES string of the molecule is CCCNC(=O)[C@@H](C)N(Cc1cccc(C)c1)C(=O)CN(C)S(=O)(=O)c1ccc(Cl)cc1. The summed E-state index contributed by atoms with van der Waals surface area (Å²) in [5.41, 5.74) is 1.89. The topological polar surface area (TPSA) is 86.8 Å². The molecule has 1 atom stereocenters. The van der Waals surface area contributed by atoms with Crippen molar-refractivity contribution in [3.63, 3.8) is 0 Å². The number of nitrogens with one attached hydrogen (secondary N) is 1. The molecule has 2 aromatic rings. The van der Waals surface area contributed by atoms with E-state index in [4.69, 9.17) is 11.6 Å². The largest absolute Gasteiger partial charge is 0.354 e. The zero-order valence-electron chi connectivity index (χ0n) is 18.8. The number of hydrogen-bond donors (Lipinski definition) is 1. The fraction of sp³-hybridized carbons (Fsp3) is 0.391. The molecule has 0 unspecified atom stereocenters. The molecule has 0 radical (unpaired) electrons. The number of likely N-dealkylation sites (N-methyl/N-ethyl adjacent to an activating group) is 1. The molecule has 32 heavy (non-hydrogen) atoms. The van der Waals surface area contributed by atoms with E-state index in [1.807, 2.05) is 38.1 Å². The van der Waals surface area contributed by atoms with E-state index in [0.29, 0.717) is 11.6 Å². The molecule has 2 aromatic carbocycles. The highest BCUT2D eigenvalue weighted by Gasteiger charge is 2.30. The Kier molecular flexibility index (Phi) is 9.24. The minimum absolute atomic E-state index is 0.0381. The molecule has 7 nitrogen and oxygen atoms in total. The number of halogens is 1. The number of benzene rings is 2. The lowest BCUT2D eigenvalue weighted by atomic mass is 10.1. The summed E-state index contributed by atoms with van der Waals surface area (Å²) in [6, 6.07) is 12.6. The second-order valence-electron chi connectivity index (χ2n) is 7.69. The fourth-order valence-electron chi connectivity index (χ4n) is 3.14. The molecule has 0 aliphatic rings. The van der Waals surface area contributed by atoms with E-state index in [1.54, 1.807) is 6.92 Å². The van der Waals surface area contributed by atoms with Crippen molar-refractivity contribution in [2.75, 3.05) is 20.1 Å². The molecule has 0 aliphatic carbocycles. The first-order valence-corrected chi connectivity index (χ1v) is 12.2. The molecule has 0 fully saturated rings. The summed E-state index contributed by atoms with van der Waals surface area (Å²) in [5.74, 6) is -0.748. The smallest absolute Gasteiger partial charge is 0.243 e. The van der Waals surface area contributed by atoms with Gasteiger partial charge in [-0.15, -0.1) is 0 Å². The van der Waals surface area contributed by atoms with Crippen molar-refractivity contribution in [1.82, 2.24) is 14.5 Å². The predicted molar refractivity (Wildman–Crippen MR) is 126 cm³/mol. The first kappa shape index (κ1) is 25.8. The molecule has 2 rings (SSSR count). The van der Waals surface area contributed by atoms with Gasteiger partial charge in [-0.3, -0.25) is 9.59 Å². The number of carbonyl (C=O) groups excluding carboxylic acids is 2. The highest BCUT2D eigenvalue weighted by Crippen LogP contribution is 2.18. The van der Waals surface area contributed by atoms with Crippen molar-refractivity contribution >= 4 is 33.4 Å². The lowest BCUT2D eigenvalue weighted by Crippen LogP contribution is -2.50. The zero-order chi connectivity index (χ0) is 23.9. The average molecular weight is 480 g/mol. The van der Waals surface area contributed by atoms with Crippen molar-refractivity contribution in [1.29, 1.82) is 0 Å². The Hall–Kier alpha value is -2.42. The molecule has 0 bridgehead atoms. The van der Waals surface area contributed by atoms with Gasteiger partial charge in [0.05, 0.1) is 11.4 Å². The van der Waals surface area contributed by atoms with Crippen LogP contribution >= 0.6 is 11.6 Å². The van der Waals surface area contributed by atoms with Crippen LogP contribution in [0.5, 0.6) is 0 Å². The van der Waals surface area contributed by atoms with Crippen LogP contribution in [0.25, 0.3) is 0 Å². The highest BCUT2D eigenvalue weighted by atomic mass is 35.5. The van der Waals surface area contributed by atoms with Crippen LogP contribution in [0.2, 0.25) is 5.02 Å². The van der Waals surface area contributed by atoms with Gasteiger partial charge >= 0.3 is 0 Å². The van der Waals surface area contributed by atoms with Crippen LogP contribution in [0.1, 0.15) is 31.4 Å². The van der Waals surface area contributed by atoms with Crippen molar-refractivity contribution < 1.29 is 18.0 Å². The minimum atomic E-state index is -3.90. The van der Waals surface area contributed by atoms with Gasteiger partial charge in [0, 0.05) is 25.2 Å². The fourth-order valence-corrected chi connectivity index (χ4v) is 4.38. The Morgan fingerprint density at radius 3 is 2.38 bits per heavy atom. The maximum absolute atomic E-state index is 13.2. The molecular weight excluding hydrogens is 450 g/mol. The van der Waals surface area contributed by atoms with Crippen LogP contribution in [0, 0.1) is 6.92 Å². The maximum atomic E-state index is 13.2. The lowest BCUT2D eigenvalue weighted by molar-refractivity contribution is -0.140. The Morgan fingerprint density at radius 1 is 1.12 bits per heavy atom. The summed E-state index contributed by atoms with van der Waals surface area (Å²) in [6.45, 7) is 5.82. The summed E-state index contributed by atoms with van der Waals surface area (Å²) in [7, 11) is -2.56. The summed E-state index contributed by atoms with van der Waals surface area (Å²) in [5, 5.41) is 3.22. The summed E-state index contributed by atoms with van der Waals surface area (Å²) < 4.78 is 26.7. The molecule has 0 aliphatic heterocycles. The van der Waals surface area contributed by atoms with Crippen molar-refractivity contribution in [2.45, 2.75) is 44.7 Å². The third-order valence-corrected chi connectivity index (χ3v) is 7.10. The van der Waals surface area contributed by atoms with Gasteiger partial charge < -0.3 is 10.2 Å². The van der Waals surface area contributed by atoms with E-state index in [1.165, 1.54) is 36.2 Å². The Bertz CT molecular complexity index is 1040. The van der Waals surface area contributed by atoms with E-state index in [2.05, 4.69) is 5.32 Å². The third-order valence-electron chi connectivity index (χ3n) is 5.03. The average Bonchev–Trinajstić information content (AvgIpc) is 2.75. The zero-order valence-corrected chi connectivity index (χ0v) is 20.4. The van der Waals surface area contributed by atoms with Gasteiger partial charge in [-0.2, -0.15) is 4.31 Å². The first-order chi connectivity index (χ1) is 15.1. The third kappa shape index (κ3) is 6.79. The standard InChI is InChI=1S/C23H30ClN3O4S/c1-5-13-25-23(29)18(3)27(15-19-8-6-7-17(2)14-19)22(28)16-26(4)32(30,31)21-11-9-20(24)10-12-21/h6-12,14,18H,5,13,15-16H2,1-4H3,(H,25,29)/t18-/m1/s1. The normalized spacial score (nSPS) is 12.4. The Morgan fingerprint density at radius 2 is 1.78 bits per heavy atom. The summed E-state index contributed by atoms with van der Waals surface area (Å²) >= 11 is 5.85. The van der Waals surface area contributed by atoms with Crippen molar-refractivity contribution in [3.8, 4) is 0 Å². The Labute approximate surface area is 195 Å². The van der Waals surface area contributed by atoms with Gasteiger partial charge in [0.1, 0.15) is 6.04 Å². The molecule has 0 aromatic heterocycles. The number of rotatable bonds is 10. The van der Waals surface area contributed by atoms with Crippen molar-refractivity contribution in [2.24, 2.45) is 0 Å². The number of amides is 2. The molecular formula is C23H30ClN3O4S.